The van der Waals surface area contributed by atoms with Crippen molar-refractivity contribution < 1.29 is 19.1 Å². The summed E-state index contributed by atoms with van der Waals surface area (Å²) in [5, 5.41) is 2.23. The first-order valence-corrected chi connectivity index (χ1v) is 6.79. The highest BCUT2D eigenvalue weighted by molar-refractivity contribution is 5.85. The molecule has 0 aliphatic heterocycles. The van der Waals surface area contributed by atoms with Gasteiger partial charge in [-0.1, -0.05) is 31.2 Å². The Morgan fingerprint density at radius 3 is 2.33 bits per heavy atom. The largest absolute Gasteiger partial charge is 0.456 e. The van der Waals surface area contributed by atoms with Gasteiger partial charge in [-0.25, -0.2) is 0 Å². The number of benzene rings is 1. The molecule has 0 bridgehead atoms. The fraction of sp³-hybridized carbons (Fsp3) is 0.400. The Kier molecular flexibility index (Phi) is 6.94. The fourth-order valence-electron chi connectivity index (χ4n) is 1.64. The first-order valence-electron chi connectivity index (χ1n) is 6.79. The molecule has 0 aliphatic carbocycles. The molecule has 2 amide bonds. The molecule has 21 heavy (non-hydrogen) atoms. The summed E-state index contributed by atoms with van der Waals surface area (Å²) in [6.45, 7) is 1.41. The monoisotopic (exact) mass is 292 g/mol. The fourth-order valence-corrected chi connectivity index (χ4v) is 1.64. The zero-order valence-electron chi connectivity index (χ0n) is 12.1. The Morgan fingerprint density at radius 1 is 1.14 bits per heavy atom. The maximum atomic E-state index is 11.5. The van der Waals surface area contributed by atoms with Gasteiger partial charge in [0.1, 0.15) is 0 Å². The van der Waals surface area contributed by atoms with Crippen LogP contribution >= 0.6 is 0 Å². The van der Waals surface area contributed by atoms with E-state index in [1.807, 2.05) is 24.3 Å². The lowest BCUT2D eigenvalue weighted by molar-refractivity contribution is -0.148. The van der Waals surface area contributed by atoms with E-state index in [9.17, 15) is 14.4 Å². The molecule has 6 heteroatoms. The van der Waals surface area contributed by atoms with E-state index in [0.29, 0.717) is 6.42 Å². The normalized spacial score (nSPS) is 9.95. The predicted octanol–water partition coefficient (Wildman–Crippen LogP) is 0.326. The Balaban J connectivity index is 2.24. The quantitative estimate of drug-likeness (QED) is 0.674. The van der Waals surface area contributed by atoms with Crippen LogP contribution in [0.4, 0.5) is 0 Å². The number of primary amides is 1. The summed E-state index contributed by atoms with van der Waals surface area (Å²) in [6.07, 6.45) is 1.74. The molecule has 0 fully saturated rings. The molecule has 0 saturated heterocycles. The molecule has 0 heterocycles. The molecule has 6 nitrogen and oxygen atoms in total. The molecule has 0 aliphatic rings. The number of aryl methyl sites for hydroxylation is 2. The van der Waals surface area contributed by atoms with Gasteiger partial charge in [-0.05, 0) is 24.0 Å². The highest BCUT2D eigenvalue weighted by atomic mass is 16.5. The number of carbonyl (C=O) groups is 3. The molecule has 0 atom stereocenters. The highest BCUT2D eigenvalue weighted by Gasteiger charge is 2.08. The molecule has 0 spiro atoms. The summed E-state index contributed by atoms with van der Waals surface area (Å²) in [4.78, 5) is 33.1. The van der Waals surface area contributed by atoms with Gasteiger partial charge in [0.2, 0.25) is 5.91 Å². The average Bonchev–Trinajstić information content (AvgIpc) is 2.49. The molecule has 114 valence electrons. The third-order valence-corrected chi connectivity index (χ3v) is 2.87. The molecule has 3 N–H and O–H groups in total. The van der Waals surface area contributed by atoms with Crippen molar-refractivity contribution in [3.63, 3.8) is 0 Å². The Bertz CT molecular complexity index is 497. The molecule has 1 rings (SSSR count). The van der Waals surface area contributed by atoms with Crippen LogP contribution in [0.15, 0.2) is 24.3 Å². The first-order chi connectivity index (χ1) is 10.0. The van der Waals surface area contributed by atoms with Gasteiger partial charge in [0.05, 0.1) is 6.54 Å². The van der Waals surface area contributed by atoms with Gasteiger partial charge < -0.3 is 15.8 Å². The summed E-state index contributed by atoms with van der Waals surface area (Å²) < 4.78 is 4.80. The van der Waals surface area contributed by atoms with Crippen LogP contribution in [-0.2, 0) is 32.0 Å². The van der Waals surface area contributed by atoms with Gasteiger partial charge in [-0.15, -0.1) is 0 Å². The zero-order chi connectivity index (χ0) is 15.7. The van der Waals surface area contributed by atoms with Crippen LogP contribution in [0.5, 0.6) is 0 Å². The summed E-state index contributed by atoms with van der Waals surface area (Å²) >= 11 is 0. The lowest BCUT2D eigenvalue weighted by atomic mass is 10.1. The second-order valence-corrected chi connectivity index (χ2v) is 4.57. The molecule has 0 radical (unpaired) electrons. The number of nitrogens with one attached hydrogen (secondary N) is 1. The van der Waals surface area contributed by atoms with Gasteiger partial charge in [0.25, 0.3) is 5.91 Å². The molecule has 0 saturated carbocycles. The summed E-state index contributed by atoms with van der Waals surface area (Å²) in [6, 6.07) is 8.01. The number of esters is 1. The van der Waals surface area contributed by atoms with E-state index in [0.717, 1.165) is 12.0 Å². The molecular weight excluding hydrogens is 272 g/mol. The van der Waals surface area contributed by atoms with E-state index in [2.05, 4.69) is 12.2 Å². The molecule has 1 aromatic rings. The number of hydrogen-bond donors (Lipinski definition) is 2. The van der Waals surface area contributed by atoms with Crippen molar-refractivity contribution >= 4 is 17.8 Å². The number of hydrogen-bond acceptors (Lipinski definition) is 4. The van der Waals surface area contributed by atoms with Crippen LogP contribution in [-0.4, -0.2) is 30.9 Å². The maximum absolute atomic E-state index is 11.5. The van der Waals surface area contributed by atoms with Crippen LogP contribution in [0.1, 0.15) is 24.5 Å². The van der Waals surface area contributed by atoms with E-state index in [1.165, 1.54) is 5.56 Å². The molecule has 0 unspecified atom stereocenters. The zero-order valence-corrected chi connectivity index (χ0v) is 12.1. The average molecular weight is 292 g/mol. The second-order valence-electron chi connectivity index (χ2n) is 4.57. The van der Waals surface area contributed by atoms with Crippen LogP contribution in [0.3, 0.4) is 0 Å². The minimum Gasteiger partial charge on any atom is -0.456 e. The minimum absolute atomic E-state index is 0.203. The Labute approximate surface area is 123 Å². The van der Waals surface area contributed by atoms with Crippen LogP contribution in [0.2, 0.25) is 0 Å². The molecule has 1 aromatic carbocycles. The SMILES string of the molecule is CCc1ccc(CCC(=O)OCC(=O)NCC(N)=O)cc1. The van der Waals surface area contributed by atoms with Crippen molar-refractivity contribution in [3.8, 4) is 0 Å². The summed E-state index contributed by atoms with van der Waals surface area (Å²) in [5.41, 5.74) is 7.15. The Morgan fingerprint density at radius 2 is 1.76 bits per heavy atom. The van der Waals surface area contributed by atoms with Gasteiger partial charge >= 0.3 is 5.97 Å². The Hall–Kier alpha value is -2.37. The lowest BCUT2D eigenvalue weighted by Gasteiger charge is -2.06. The smallest absolute Gasteiger partial charge is 0.306 e. The van der Waals surface area contributed by atoms with Crippen molar-refractivity contribution in [3.05, 3.63) is 35.4 Å². The topological polar surface area (TPSA) is 98.5 Å². The van der Waals surface area contributed by atoms with Gasteiger partial charge in [-0.3, -0.25) is 14.4 Å². The lowest BCUT2D eigenvalue weighted by Crippen LogP contribution is -2.36. The van der Waals surface area contributed by atoms with Crippen molar-refractivity contribution in [1.29, 1.82) is 0 Å². The highest BCUT2D eigenvalue weighted by Crippen LogP contribution is 2.07. The van der Waals surface area contributed by atoms with Crippen LogP contribution in [0, 0.1) is 0 Å². The van der Waals surface area contributed by atoms with E-state index < -0.39 is 24.4 Å². The van der Waals surface area contributed by atoms with Crippen LogP contribution < -0.4 is 11.1 Å². The number of rotatable bonds is 8. The van der Waals surface area contributed by atoms with Crippen molar-refractivity contribution in [2.75, 3.05) is 13.2 Å². The second kappa shape index (κ2) is 8.73. The van der Waals surface area contributed by atoms with E-state index in [4.69, 9.17) is 10.5 Å². The molecule has 0 aromatic heterocycles. The summed E-state index contributed by atoms with van der Waals surface area (Å²) in [5.74, 6) is -1.65. The minimum atomic E-state index is -0.648. The van der Waals surface area contributed by atoms with Crippen molar-refractivity contribution in [1.82, 2.24) is 5.32 Å². The standard InChI is InChI=1S/C15H20N2O4/c1-2-11-3-5-12(6-4-11)7-8-15(20)21-10-14(19)17-9-13(16)18/h3-6H,2,7-10H2,1H3,(H2,16,18)(H,17,19). The number of ether oxygens (including phenoxy) is 1. The van der Waals surface area contributed by atoms with Crippen molar-refractivity contribution in [2.24, 2.45) is 5.73 Å². The first kappa shape index (κ1) is 16.7. The van der Waals surface area contributed by atoms with Crippen molar-refractivity contribution in [2.45, 2.75) is 26.2 Å². The third kappa shape index (κ3) is 7.10. The number of nitrogens with two attached hydrogens (primary N) is 1. The maximum Gasteiger partial charge on any atom is 0.306 e. The van der Waals surface area contributed by atoms with Gasteiger partial charge in [-0.2, -0.15) is 0 Å². The van der Waals surface area contributed by atoms with Gasteiger partial charge in [0.15, 0.2) is 6.61 Å². The van der Waals surface area contributed by atoms with E-state index in [-0.39, 0.29) is 13.0 Å². The van der Waals surface area contributed by atoms with E-state index in [1.54, 1.807) is 0 Å². The number of amides is 2. The summed E-state index contributed by atoms with van der Waals surface area (Å²) in [7, 11) is 0. The number of carbonyl (C=O) groups excluding carboxylic acids is 3. The van der Waals surface area contributed by atoms with E-state index >= 15 is 0 Å². The van der Waals surface area contributed by atoms with Crippen LogP contribution in [0.25, 0.3) is 0 Å². The van der Waals surface area contributed by atoms with Gasteiger partial charge in [0, 0.05) is 6.42 Å². The predicted molar refractivity (Wildman–Crippen MR) is 77.3 cm³/mol. The third-order valence-electron chi connectivity index (χ3n) is 2.87. The molecular formula is C15H20N2O4.